The van der Waals surface area contributed by atoms with Crippen LogP contribution < -0.4 is 0 Å². The molecule has 0 spiro atoms. The Morgan fingerprint density at radius 1 is 0.189 bits per heavy atom. The van der Waals surface area contributed by atoms with Crippen LogP contribution in [0.25, 0.3) is 145 Å². The minimum absolute atomic E-state index is 0.507. The van der Waals surface area contributed by atoms with Gasteiger partial charge in [0, 0.05) is 38.4 Å². The number of hydrogen-bond acceptors (Lipinski definition) is 2. The molecular formula is C102H66N4. The predicted molar refractivity (Wildman–Crippen MR) is 438 cm³/mol. The van der Waals surface area contributed by atoms with E-state index in [9.17, 15) is 0 Å². The fraction of sp³-hybridized carbons (Fsp3) is 0.0196. The summed E-state index contributed by atoms with van der Waals surface area (Å²) in [6, 6.07) is 147. The average Bonchev–Trinajstić information content (AvgIpc) is 1.54. The quantitative estimate of drug-likeness (QED) is 0.122. The van der Waals surface area contributed by atoms with Gasteiger partial charge in [-0.2, -0.15) is 0 Å². The zero-order chi connectivity index (χ0) is 69.9. The largest absolute Gasteiger partial charge is 0.309 e. The van der Waals surface area contributed by atoms with Crippen LogP contribution in [-0.2, 0) is 10.8 Å². The Morgan fingerprint density at radius 2 is 0.538 bits per heavy atom. The van der Waals surface area contributed by atoms with Gasteiger partial charge in [0.1, 0.15) is 0 Å². The first kappa shape index (κ1) is 60.9. The summed E-state index contributed by atoms with van der Waals surface area (Å²) in [6.07, 6.45) is 0. The van der Waals surface area contributed by atoms with Gasteiger partial charge in [-0.1, -0.05) is 328 Å². The maximum Gasteiger partial charge on any atom is 0.235 e. The van der Waals surface area contributed by atoms with E-state index in [1.54, 1.807) is 0 Å². The topological polar surface area (TPSA) is 35.6 Å². The SMILES string of the molecule is c1ccc(-c2ccccc2-c2cccc(-c3cc(-c4cccc(-n5c6ccccc6c6cc(-c7ccc8c(c7)C(c7ccccc7)(c7ccccc7)c7ccccc7-8)ccc65)c4)nc(-n4c5ccccc5c5cc(-c6ccc7c(c6)C(c6ccccc6)(c6ccccc6)c6ccccc6-7)ccc54)n3)c2)cc1. The molecule has 0 amide bonds. The lowest BCUT2D eigenvalue weighted by atomic mass is 9.67. The molecule has 4 heteroatoms. The van der Waals surface area contributed by atoms with Crippen LogP contribution in [0.15, 0.2) is 400 Å². The highest BCUT2D eigenvalue weighted by Crippen LogP contribution is 2.59. The van der Waals surface area contributed by atoms with Gasteiger partial charge >= 0.3 is 0 Å². The zero-order valence-electron chi connectivity index (χ0n) is 57.9. The maximum absolute atomic E-state index is 5.74. The molecule has 0 saturated heterocycles. The molecule has 494 valence electrons. The minimum Gasteiger partial charge on any atom is -0.309 e. The molecule has 106 heavy (non-hydrogen) atoms. The van der Waals surface area contributed by atoms with E-state index >= 15 is 0 Å². The van der Waals surface area contributed by atoms with Gasteiger partial charge in [-0.3, -0.25) is 4.57 Å². The van der Waals surface area contributed by atoms with Gasteiger partial charge in [-0.15, -0.1) is 0 Å². The van der Waals surface area contributed by atoms with Crippen LogP contribution in [-0.4, -0.2) is 19.1 Å². The van der Waals surface area contributed by atoms with Crippen molar-refractivity contribution in [2.45, 2.75) is 10.8 Å². The standard InChI is InChI=1S/C102H66N4/c1-6-28-67(29-7-1)80-42-16-17-43-81(80)72-30-26-31-73(60-72)94-66-95(104-100(103-94)106-97-51-25-21-47-87(97)89-63-69(55-59-99(89)106)71-53-57-85-83-45-19-23-49-91(83)102(93(85)65-71,77-37-12-4-13-38-77)78-39-14-5-15-40-78)74-32-27-41-79(61-74)105-96-50-24-20-46-86(96)88-62-68(54-58-98(88)105)70-52-56-84-82-44-18-22-48-90(82)101(92(84)64-70,75-33-8-2-9-34-75)76-35-10-3-11-36-76/h1-66H. The number of para-hydroxylation sites is 2. The molecule has 0 radical (unpaired) electrons. The molecule has 4 nitrogen and oxygen atoms in total. The number of nitrogens with zero attached hydrogens (tertiary/aromatic N) is 4. The normalized spacial score (nSPS) is 13.1. The molecular weight excluding hydrogens is 1280 g/mol. The molecule has 0 bridgehead atoms. The van der Waals surface area contributed by atoms with Crippen LogP contribution in [0.5, 0.6) is 0 Å². The fourth-order valence-corrected chi connectivity index (χ4v) is 18.1. The molecule has 21 rings (SSSR count). The summed E-state index contributed by atoms with van der Waals surface area (Å²) >= 11 is 0. The molecule has 3 aromatic heterocycles. The van der Waals surface area contributed by atoms with Crippen molar-refractivity contribution in [3.05, 3.63) is 445 Å². The molecule has 3 heterocycles. The van der Waals surface area contributed by atoms with Gasteiger partial charge < -0.3 is 4.57 Å². The lowest BCUT2D eigenvalue weighted by Crippen LogP contribution is -2.28. The van der Waals surface area contributed by atoms with Crippen molar-refractivity contribution in [3.8, 4) is 101 Å². The highest BCUT2D eigenvalue weighted by molar-refractivity contribution is 6.12. The van der Waals surface area contributed by atoms with Gasteiger partial charge in [-0.25, -0.2) is 9.97 Å². The van der Waals surface area contributed by atoms with Crippen molar-refractivity contribution in [3.63, 3.8) is 0 Å². The number of aromatic nitrogens is 4. The molecule has 0 unspecified atom stereocenters. The van der Waals surface area contributed by atoms with E-state index in [4.69, 9.17) is 9.97 Å². The lowest BCUT2D eigenvalue weighted by molar-refractivity contribution is 0.769. The molecule has 19 aromatic rings. The van der Waals surface area contributed by atoms with E-state index in [0.717, 1.165) is 88.9 Å². The number of hydrogen-bond donors (Lipinski definition) is 0. The fourth-order valence-electron chi connectivity index (χ4n) is 18.1. The monoisotopic (exact) mass is 1350 g/mol. The van der Waals surface area contributed by atoms with Crippen molar-refractivity contribution in [2.75, 3.05) is 0 Å². The van der Waals surface area contributed by atoms with Crippen LogP contribution >= 0.6 is 0 Å². The van der Waals surface area contributed by atoms with Crippen molar-refractivity contribution < 1.29 is 0 Å². The summed E-state index contributed by atoms with van der Waals surface area (Å²) in [5.74, 6) is 0.586. The first-order valence-electron chi connectivity index (χ1n) is 36.6. The number of rotatable bonds is 12. The molecule has 0 atom stereocenters. The summed E-state index contributed by atoms with van der Waals surface area (Å²) in [7, 11) is 0. The second-order valence-electron chi connectivity index (χ2n) is 28.2. The average molecular weight is 1350 g/mol. The Bertz CT molecular complexity index is 6610. The summed E-state index contributed by atoms with van der Waals surface area (Å²) in [5, 5.41) is 4.61. The summed E-state index contributed by atoms with van der Waals surface area (Å²) in [6.45, 7) is 0. The molecule has 16 aromatic carbocycles. The van der Waals surface area contributed by atoms with Crippen LogP contribution in [0.4, 0.5) is 0 Å². The smallest absolute Gasteiger partial charge is 0.235 e. The zero-order valence-corrected chi connectivity index (χ0v) is 57.9. The highest BCUT2D eigenvalue weighted by atomic mass is 15.2. The van der Waals surface area contributed by atoms with E-state index in [1.807, 2.05) is 0 Å². The third kappa shape index (κ3) is 9.34. The summed E-state index contributed by atoms with van der Waals surface area (Å²) < 4.78 is 4.71. The van der Waals surface area contributed by atoms with Crippen LogP contribution in [0.3, 0.4) is 0 Å². The van der Waals surface area contributed by atoms with Gasteiger partial charge in [0.2, 0.25) is 5.95 Å². The summed E-state index contributed by atoms with van der Waals surface area (Å²) in [5.41, 5.74) is 32.3. The van der Waals surface area contributed by atoms with E-state index in [1.165, 1.54) is 94.2 Å². The first-order chi connectivity index (χ1) is 52.6. The van der Waals surface area contributed by atoms with Gasteiger partial charge in [-0.05, 0) is 184 Å². The maximum atomic E-state index is 5.74. The Hall–Kier alpha value is -13.8. The highest BCUT2D eigenvalue weighted by Gasteiger charge is 2.48. The van der Waals surface area contributed by atoms with Gasteiger partial charge in [0.05, 0.1) is 44.3 Å². The van der Waals surface area contributed by atoms with E-state index in [0.29, 0.717) is 5.95 Å². The van der Waals surface area contributed by atoms with Crippen LogP contribution in [0.1, 0.15) is 44.5 Å². The van der Waals surface area contributed by atoms with Crippen molar-refractivity contribution >= 4 is 43.6 Å². The molecule has 0 aliphatic heterocycles. The first-order valence-corrected chi connectivity index (χ1v) is 36.6. The minimum atomic E-state index is -0.525. The lowest BCUT2D eigenvalue weighted by Gasteiger charge is -2.34. The van der Waals surface area contributed by atoms with Crippen molar-refractivity contribution in [1.29, 1.82) is 0 Å². The molecule has 0 saturated carbocycles. The second kappa shape index (κ2) is 24.5. The Balaban J connectivity index is 0.716. The number of fused-ring (bicyclic) bond motifs is 12. The van der Waals surface area contributed by atoms with E-state index in [2.05, 4.69) is 410 Å². The molecule has 0 N–H and O–H groups in total. The Morgan fingerprint density at radius 3 is 1.05 bits per heavy atom. The van der Waals surface area contributed by atoms with E-state index < -0.39 is 10.8 Å². The van der Waals surface area contributed by atoms with Crippen LogP contribution in [0.2, 0.25) is 0 Å². The van der Waals surface area contributed by atoms with Crippen molar-refractivity contribution in [1.82, 2.24) is 19.1 Å². The van der Waals surface area contributed by atoms with Gasteiger partial charge in [0.25, 0.3) is 0 Å². The van der Waals surface area contributed by atoms with Crippen molar-refractivity contribution in [2.24, 2.45) is 0 Å². The molecule has 0 fully saturated rings. The van der Waals surface area contributed by atoms with Crippen LogP contribution in [0, 0.1) is 0 Å². The molecule has 2 aliphatic carbocycles. The third-order valence-electron chi connectivity index (χ3n) is 22.7. The Kier molecular flexibility index (Phi) is 14.1. The Labute approximate surface area is 615 Å². The summed E-state index contributed by atoms with van der Waals surface area (Å²) in [4.78, 5) is 11.4. The van der Waals surface area contributed by atoms with E-state index in [-0.39, 0.29) is 0 Å². The third-order valence-corrected chi connectivity index (χ3v) is 22.7. The predicted octanol–water partition coefficient (Wildman–Crippen LogP) is 25.4. The molecule has 2 aliphatic rings. The number of benzene rings is 16. The second-order valence-corrected chi connectivity index (χ2v) is 28.2. The van der Waals surface area contributed by atoms with Gasteiger partial charge in [0.15, 0.2) is 0 Å².